The van der Waals surface area contributed by atoms with Crippen LogP contribution >= 0.6 is 0 Å². The summed E-state index contributed by atoms with van der Waals surface area (Å²) in [5, 5.41) is 5.90. The summed E-state index contributed by atoms with van der Waals surface area (Å²) in [6.45, 7) is 0.454. The molecule has 5 heteroatoms. The van der Waals surface area contributed by atoms with E-state index in [1.54, 1.807) is 24.5 Å². The molecule has 0 aliphatic heterocycles. The maximum absolute atomic E-state index is 13.1. The van der Waals surface area contributed by atoms with E-state index in [0.29, 0.717) is 12.5 Å². The molecule has 120 valence electrons. The van der Waals surface area contributed by atoms with Gasteiger partial charge in [0.1, 0.15) is 5.82 Å². The van der Waals surface area contributed by atoms with Gasteiger partial charge in [0.25, 0.3) is 0 Å². The van der Waals surface area contributed by atoms with E-state index in [2.05, 4.69) is 15.6 Å². The highest BCUT2D eigenvalue weighted by atomic mass is 19.1. The molecular weight excluding hydrogens is 293 g/mol. The summed E-state index contributed by atoms with van der Waals surface area (Å²) in [4.78, 5) is 16.2. The molecule has 0 radical (unpaired) electrons. The second-order valence-corrected chi connectivity index (χ2v) is 5.90. The zero-order valence-corrected chi connectivity index (χ0v) is 12.8. The number of nitrogens with zero attached hydrogens (tertiary/aromatic N) is 1. The number of pyridine rings is 1. The van der Waals surface area contributed by atoms with Crippen molar-refractivity contribution in [1.29, 1.82) is 0 Å². The SMILES string of the molecule is O=C(NCc1ccncc1)NC(c1ccc(F)cc1)C1CCC1. The van der Waals surface area contributed by atoms with Gasteiger partial charge in [0.2, 0.25) is 0 Å². The Balaban J connectivity index is 1.61. The number of rotatable bonds is 5. The summed E-state index contributed by atoms with van der Waals surface area (Å²) in [5.74, 6) is 0.162. The number of nitrogens with one attached hydrogen (secondary N) is 2. The van der Waals surface area contributed by atoms with Gasteiger partial charge in [-0.05, 0) is 54.2 Å². The van der Waals surface area contributed by atoms with Gasteiger partial charge in [-0.1, -0.05) is 18.6 Å². The first-order valence-electron chi connectivity index (χ1n) is 7.91. The number of hydrogen-bond donors (Lipinski definition) is 2. The van der Waals surface area contributed by atoms with Crippen LogP contribution in [-0.2, 0) is 6.54 Å². The van der Waals surface area contributed by atoms with E-state index >= 15 is 0 Å². The Kier molecular flexibility index (Phi) is 4.86. The van der Waals surface area contributed by atoms with Crippen LogP contribution in [0.4, 0.5) is 9.18 Å². The van der Waals surface area contributed by atoms with E-state index in [9.17, 15) is 9.18 Å². The van der Waals surface area contributed by atoms with Crippen molar-refractivity contribution in [3.63, 3.8) is 0 Å². The van der Waals surface area contributed by atoms with Crippen LogP contribution in [-0.4, -0.2) is 11.0 Å². The van der Waals surface area contributed by atoms with Crippen LogP contribution in [0.2, 0.25) is 0 Å². The highest BCUT2D eigenvalue weighted by molar-refractivity contribution is 5.74. The normalized spacial score (nSPS) is 15.5. The summed E-state index contributed by atoms with van der Waals surface area (Å²) in [6.07, 6.45) is 6.76. The van der Waals surface area contributed by atoms with Crippen LogP contribution in [0.1, 0.15) is 36.4 Å². The molecule has 4 nitrogen and oxygen atoms in total. The molecule has 0 saturated heterocycles. The van der Waals surface area contributed by atoms with Crippen LogP contribution in [0.3, 0.4) is 0 Å². The molecule has 1 unspecified atom stereocenters. The van der Waals surface area contributed by atoms with E-state index in [0.717, 1.165) is 24.0 Å². The predicted molar refractivity (Wildman–Crippen MR) is 86.1 cm³/mol. The Morgan fingerprint density at radius 3 is 2.48 bits per heavy atom. The van der Waals surface area contributed by atoms with Gasteiger partial charge < -0.3 is 10.6 Å². The summed E-state index contributed by atoms with van der Waals surface area (Å²) in [6, 6.07) is 9.84. The maximum atomic E-state index is 13.1. The van der Waals surface area contributed by atoms with Crippen LogP contribution in [0.5, 0.6) is 0 Å². The van der Waals surface area contributed by atoms with Crippen LogP contribution in [0.15, 0.2) is 48.8 Å². The topological polar surface area (TPSA) is 54.0 Å². The van der Waals surface area contributed by atoms with Crippen molar-refractivity contribution in [2.75, 3.05) is 0 Å². The first-order chi connectivity index (χ1) is 11.2. The van der Waals surface area contributed by atoms with Crippen LogP contribution in [0, 0.1) is 11.7 Å². The molecule has 2 aromatic rings. The second kappa shape index (κ2) is 7.22. The standard InChI is InChI=1S/C18H20FN3O/c19-16-6-4-15(5-7-16)17(14-2-1-3-14)22-18(23)21-12-13-8-10-20-11-9-13/h4-11,14,17H,1-3,12H2,(H2,21,22,23). The number of amides is 2. The lowest BCUT2D eigenvalue weighted by Gasteiger charge is -2.34. The number of carbonyl (C=O) groups is 1. The fourth-order valence-electron chi connectivity index (χ4n) is 2.79. The van der Waals surface area contributed by atoms with Gasteiger partial charge >= 0.3 is 6.03 Å². The Hall–Kier alpha value is -2.43. The molecule has 2 amide bonds. The molecule has 1 aliphatic carbocycles. The number of urea groups is 1. The highest BCUT2D eigenvalue weighted by Gasteiger charge is 2.29. The van der Waals surface area contributed by atoms with E-state index in [-0.39, 0.29) is 17.9 Å². The average Bonchev–Trinajstić information content (AvgIpc) is 2.52. The monoisotopic (exact) mass is 313 g/mol. The fourth-order valence-corrected chi connectivity index (χ4v) is 2.79. The lowest BCUT2D eigenvalue weighted by atomic mass is 9.77. The maximum Gasteiger partial charge on any atom is 0.315 e. The van der Waals surface area contributed by atoms with Crippen LogP contribution < -0.4 is 10.6 Å². The molecule has 1 aromatic heterocycles. The number of halogens is 1. The fraction of sp³-hybridized carbons (Fsp3) is 0.333. The third kappa shape index (κ3) is 4.06. The van der Waals surface area contributed by atoms with E-state index in [1.165, 1.54) is 18.6 Å². The van der Waals surface area contributed by atoms with Crippen molar-refractivity contribution in [1.82, 2.24) is 15.6 Å². The predicted octanol–water partition coefficient (Wildman–Crippen LogP) is 3.56. The Morgan fingerprint density at radius 1 is 1.17 bits per heavy atom. The van der Waals surface area contributed by atoms with E-state index < -0.39 is 0 Å². The first kappa shape index (κ1) is 15.5. The van der Waals surface area contributed by atoms with E-state index in [1.807, 2.05) is 12.1 Å². The number of hydrogen-bond acceptors (Lipinski definition) is 2. The highest BCUT2D eigenvalue weighted by Crippen LogP contribution is 2.37. The number of carbonyl (C=O) groups excluding carboxylic acids is 1. The second-order valence-electron chi connectivity index (χ2n) is 5.90. The molecule has 0 bridgehead atoms. The van der Waals surface area contributed by atoms with Crippen molar-refractivity contribution in [3.05, 3.63) is 65.7 Å². The average molecular weight is 313 g/mol. The van der Waals surface area contributed by atoms with Crippen molar-refractivity contribution in [2.24, 2.45) is 5.92 Å². The summed E-state index contributed by atoms with van der Waals surface area (Å²) < 4.78 is 13.1. The third-order valence-electron chi connectivity index (χ3n) is 4.34. The zero-order valence-electron chi connectivity index (χ0n) is 12.8. The van der Waals surface area contributed by atoms with Crippen molar-refractivity contribution in [3.8, 4) is 0 Å². The Bertz CT molecular complexity index is 641. The molecular formula is C18H20FN3O. The summed E-state index contributed by atoms with van der Waals surface area (Å²) in [7, 11) is 0. The molecule has 1 atom stereocenters. The smallest absolute Gasteiger partial charge is 0.315 e. The largest absolute Gasteiger partial charge is 0.334 e. The van der Waals surface area contributed by atoms with Gasteiger partial charge in [0.15, 0.2) is 0 Å². The lowest BCUT2D eigenvalue weighted by Crippen LogP contribution is -2.41. The van der Waals surface area contributed by atoms with Gasteiger partial charge in [-0.15, -0.1) is 0 Å². The van der Waals surface area contributed by atoms with Gasteiger partial charge in [0.05, 0.1) is 6.04 Å². The van der Waals surface area contributed by atoms with Gasteiger partial charge in [-0.2, -0.15) is 0 Å². The molecule has 2 N–H and O–H groups in total. The molecule has 23 heavy (non-hydrogen) atoms. The van der Waals surface area contributed by atoms with Crippen molar-refractivity contribution in [2.45, 2.75) is 31.8 Å². The summed E-state index contributed by atoms with van der Waals surface area (Å²) in [5.41, 5.74) is 1.95. The van der Waals surface area contributed by atoms with E-state index in [4.69, 9.17) is 0 Å². The zero-order chi connectivity index (χ0) is 16.1. The Labute approximate surface area is 135 Å². The minimum atomic E-state index is -0.261. The van der Waals surface area contributed by atoms with Gasteiger partial charge in [0, 0.05) is 18.9 Å². The molecule has 0 spiro atoms. The quantitative estimate of drug-likeness (QED) is 0.887. The van der Waals surface area contributed by atoms with Crippen LogP contribution in [0.25, 0.3) is 0 Å². The number of benzene rings is 1. The first-order valence-corrected chi connectivity index (χ1v) is 7.91. The molecule has 1 fully saturated rings. The third-order valence-corrected chi connectivity index (χ3v) is 4.34. The Morgan fingerprint density at radius 2 is 1.87 bits per heavy atom. The van der Waals surface area contributed by atoms with Gasteiger partial charge in [-0.25, -0.2) is 9.18 Å². The molecule has 1 aliphatic rings. The van der Waals surface area contributed by atoms with Crippen molar-refractivity contribution < 1.29 is 9.18 Å². The minimum absolute atomic E-state index is 0.0678. The molecule has 1 aromatic carbocycles. The lowest BCUT2D eigenvalue weighted by molar-refractivity contribution is 0.207. The molecule has 1 heterocycles. The number of aromatic nitrogens is 1. The summed E-state index contributed by atoms with van der Waals surface area (Å²) >= 11 is 0. The van der Waals surface area contributed by atoms with Gasteiger partial charge in [-0.3, -0.25) is 4.98 Å². The van der Waals surface area contributed by atoms with Crippen molar-refractivity contribution >= 4 is 6.03 Å². The molecule has 3 rings (SSSR count). The minimum Gasteiger partial charge on any atom is -0.334 e. The molecule has 1 saturated carbocycles.